The number of aromatic nitrogens is 4. The van der Waals surface area contributed by atoms with Gasteiger partial charge >= 0.3 is 0 Å². The van der Waals surface area contributed by atoms with Crippen molar-refractivity contribution in [1.82, 2.24) is 20.1 Å². The summed E-state index contributed by atoms with van der Waals surface area (Å²) >= 11 is 0. The van der Waals surface area contributed by atoms with Crippen LogP contribution in [0.4, 0.5) is 0 Å². The van der Waals surface area contributed by atoms with Crippen LogP contribution in [0.1, 0.15) is 26.2 Å². The molecule has 2 aromatic heterocycles. The van der Waals surface area contributed by atoms with Crippen LogP contribution in [0.25, 0.3) is 11.6 Å². The molecular weight excluding hydrogens is 194 g/mol. The summed E-state index contributed by atoms with van der Waals surface area (Å²) < 4.78 is 5.10. The van der Waals surface area contributed by atoms with E-state index in [1.165, 1.54) is 0 Å². The summed E-state index contributed by atoms with van der Waals surface area (Å²) in [7, 11) is 0. The molecule has 0 saturated heterocycles. The van der Waals surface area contributed by atoms with Crippen LogP contribution in [0.3, 0.4) is 0 Å². The van der Waals surface area contributed by atoms with Crippen molar-refractivity contribution in [1.29, 1.82) is 0 Å². The molecule has 2 heterocycles. The standard InChI is InChI=1S/C9H13N5O/c1-3-9(2,10)8-13-7(14-15-8)6-11-4-5-12-6/h4-5H,3,10H2,1-2H3,(H,11,12). The van der Waals surface area contributed by atoms with E-state index in [0.717, 1.165) is 6.42 Å². The van der Waals surface area contributed by atoms with E-state index in [-0.39, 0.29) is 0 Å². The lowest BCUT2D eigenvalue weighted by Crippen LogP contribution is -2.32. The average molecular weight is 207 g/mol. The van der Waals surface area contributed by atoms with Gasteiger partial charge in [-0.1, -0.05) is 12.1 Å². The highest BCUT2D eigenvalue weighted by Gasteiger charge is 2.26. The van der Waals surface area contributed by atoms with E-state index < -0.39 is 5.54 Å². The van der Waals surface area contributed by atoms with E-state index >= 15 is 0 Å². The quantitative estimate of drug-likeness (QED) is 0.784. The predicted octanol–water partition coefficient (Wildman–Crippen LogP) is 1.04. The number of aromatic amines is 1. The highest BCUT2D eigenvalue weighted by atomic mass is 16.5. The molecule has 0 aromatic carbocycles. The molecule has 1 atom stereocenters. The Bertz CT molecular complexity index is 431. The molecule has 0 saturated carbocycles. The Morgan fingerprint density at radius 3 is 3.00 bits per heavy atom. The van der Waals surface area contributed by atoms with Crippen LogP contribution in [0.5, 0.6) is 0 Å². The van der Waals surface area contributed by atoms with Gasteiger partial charge in [-0.3, -0.25) is 0 Å². The second-order valence-electron chi connectivity index (χ2n) is 3.63. The number of nitrogens with two attached hydrogens (primary N) is 1. The molecule has 15 heavy (non-hydrogen) atoms. The molecule has 6 heteroatoms. The highest BCUT2D eigenvalue weighted by Crippen LogP contribution is 2.21. The topological polar surface area (TPSA) is 93.6 Å². The second-order valence-corrected chi connectivity index (χ2v) is 3.63. The van der Waals surface area contributed by atoms with E-state index in [0.29, 0.717) is 17.5 Å². The van der Waals surface area contributed by atoms with Gasteiger partial charge < -0.3 is 15.2 Å². The Balaban J connectivity index is 2.33. The highest BCUT2D eigenvalue weighted by molar-refractivity contribution is 5.41. The maximum Gasteiger partial charge on any atom is 0.246 e. The summed E-state index contributed by atoms with van der Waals surface area (Å²) in [6.45, 7) is 3.82. The van der Waals surface area contributed by atoms with Crippen molar-refractivity contribution >= 4 is 0 Å². The van der Waals surface area contributed by atoms with Gasteiger partial charge in [0.1, 0.15) is 0 Å². The molecule has 2 rings (SSSR count). The van der Waals surface area contributed by atoms with Gasteiger partial charge in [0.25, 0.3) is 0 Å². The van der Waals surface area contributed by atoms with Crippen molar-refractivity contribution in [2.45, 2.75) is 25.8 Å². The molecule has 0 amide bonds. The summed E-state index contributed by atoms with van der Waals surface area (Å²) in [6.07, 6.45) is 4.06. The predicted molar refractivity (Wildman–Crippen MR) is 53.7 cm³/mol. The minimum Gasteiger partial charge on any atom is -0.342 e. The monoisotopic (exact) mass is 207 g/mol. The van der Waals surface area contributed by atoms with E-state index in [2.05, 4.69) is 20.1 Å². The summed E-state index contributed by atoms with van der Waals surface area (Å²) in [5.41, 5.74) is 5.39. The van der Waals surface area contributed by atoms with Crippen LogP contribution in [0, 0.1) is 0 Å². The van der Waals surface area contributed by atoms with Crippen molar-refractivity contribution < 1.29 is 4.52 Å². The van der Waals surface area contributed by atoms with Gasteiger partial charge in [-0.2, -0.15) is 4.98 Å². The smallest absolute Gasteiger partial charge is 0.246 e. The normalized spacial score (nSPS) is 15.1. The molecule has 2 aromatic rings. The first-order chi connectivity index (χ1) is 7.13. The third kappa shape index (κ3) is 1.75. The van der Waals surface area contributed by atoms with Gasteiger partial charge in [0.05, 0.1) is 5.54 Å². The van der Waals surface area contributed by atoms with E-state index in [4.69, 9.17) is 10.3 Å². The van der Waals surface area contributed by atoms with Gasteiger partial charge in [0.15, 0.2) is 5.82 Å². The van der Waals surface area contributed by atoms with Crippen molar-refractivity contribution in [3.05, 3.63) is 18.3 Å². The number of imidazole rings is 1. The molecule has 80 valence electrons. The molecular formula is C9H13N5O. The zero-order valence-corrected chi connectivity index (χ0v) is 8.69. The zero-order valence-electron chi connectivity index (χ0n) is 8.69. The van der Waals surface area contributed by atoms with Crippen molar-refractivity contribution in [3.8, 4) is 11.6 Å². The van der Waals surface area contributed by atoms with Crippen LogP contribution >= 0.6 is 0 Å². The molecule has 3 N–H and O–H groups in total. The van der Waals surface area contributed by atoms with Crippen molar-refractivity contribution in [2.24, 2.45) is 5.73 Å². The summed E-state index contributed by atoms with van der Waals surface area (Å²) in [6, 6.07) is 0. The number of rotatable bonds is 3. The molecule has 0 aliphatic carbocycles. The Morgan fingerprint density at radius 1 is 1.60 bits per heavy atom. The Labute approximate surface area is 86.9 Å². The first-order valence-corrected chi connectivity index (χ1v) is 4.76. The number of nitrogens with one attached hydrogen (secondary N) is 1. The fraction of sp³-hybridized carbons (Fsp3) is 0.444. The van der Waals surface area contributed by atoms with Gasteiger partial charge in [-0.25, -0.2) is 4.98 Å². The van der Waals surface area contributed by atoms with Crippen LogP contribution in [-0.4, -0.2) is 20.1 Å². The average Bonchev–Trinajstić information content (AvgIpc) is 2.88. The third-order valence-electron chi connectivity index (χ3n) is 2.36. The Hall–Kier alpha value is -1.69. The first kappa shape index (κ1) is 9.85. The van der Waals surface area contributed by atoms with Gasteiger partial charge in [-0.15, -0.1) is 0 Å². The second kappa shape index (κ2) is 3.47. The first-order valence-electron chi connectivity index (χ1n) is 4.76. The summed E-state index contributed by atoms with van der Waals surface area (Å²) in [4.78, 5) is 11.1. The lowest BCUT2D eigenvalue weighted by Gasteiger charge is -2.16. The van der Waals surface area contributed by atoms with Crippen LogP contribution < -0.4 is 5.73 Å². The van der Waals surface area contributed by atoms with Crippen molar-refractivity contribution in [2.75, 3.05) is 0 Å². The number of nitrogens with zero attached hydrogens (tertiary/aromatic N) is 3. The van der Waals surface area contributed by atoms with Gasteiger partial charge in [0, 0.05) is 12.4 Å². The fourth-order valence-electron chi connectivity index (χ4n) is 1.09. The van der Waals surface area contributed by atoms with Gasteiger partial charge in [0.2, 0.25) is 11.7 Å². The molecule has 6 nitrogen and oxygen atoms in total. The van der Waals surface area contributed by atoms with Crippen LogP contribution in [-0.2, 0) is 5.54 Å². The van der Waals surface area contributed by atoms with Gasteiger partial charge in [-0.05, 0) is 13.3 Å². The molecule has 0 fully saturated rings. The maximum atomic E-state index is 5.98. The lowest BCUT2D eigenvalue weighted by molar-refractivity contribution is 0.291. The molecule has 1 unspecified atom stereocenters. The minimum absolute atomic E-state index is 0.427. The summed E-state index contributed by atoms with van der Waals surface area (Å²) in [5, 5.41) is 3.81. The van der Waals surface area contributed by atoms with E-state index in [9.17, 15) is 0 Å². The minimum atomic E-state index is -0.585. The maximum absolute atomic E-state index is 5.98. The number of H-pyrrole nitrogens is 1. The molecule has 0 aliphatic rings. The largest absolute Gasteiger partial charge is 0.342 e. The van der Waals surface area contributed by atoms with Crippen LogP contribution in [0.15, 0.2) is 16.9 Å². The Morgan fingerprint density at radius 2 is 2.40 bits per heavy atom. The summed E-state index contributed by atoms with van der Waals surface area (Å²) in [5.74, 6) is 1.44. The van der Waals surface area contributed by atoms with E-state index in [1.54, 1.807) is 12.4 Å². The molecule has 0 spiro atoms. The van der Waals surface area contributed by atoms with Crippen molar-refractivity contribution in [3.63, 3.8) is 0 Å². The van der Waals surface area contributed by atoms with E-state index in [1.807, 2.05) is 13.8 Å². The fourth-order valence-corrected chi connectivity index (χ4v) is 1.09. The molecule has 0 aliphatic heterocycles. The molecule has 0 radical (unpaired) electrons. The SMILES string of the molecule is CCC(C)(N)c1nc(-c2ncc[nH]2)no1. The lowest BCUT2D eigenvalue weighted by atomic mass is 10.0. The Kier molecular flexibility index (Phi) is 2.28. The van der Waals surface area contributed by atoms with Crippen LogP contribution in [0.2, 0.25) is 0 Å². The number of hydrogen-bond donors (Lipinski definition) is 2. The number of hydrogen-bond acceptors (Lipinski definition) is 5. The zero-order chi connectivity index (χ0) is 10.9. The molecule has 0 bridgehead atoms. The third-order valence-corrected chi connectivity index (χ3v) is 2.36.